The first-order valence-corrected chi connectivity index (χ1v) is 8.11. The first kappa shape index (κ1) is 15.9. The molecule has 0 unspecified atom stereocenters. The van der Waals surface area contributed by atoms with Crippen molar-refractivity contribution in [3.8, 4) is 0 Å². The average Bonchev–Trinajstić information content (AvgIpc) is 2.95. The number of hydrogen-bond donors (Lipinski definition) is 2. The Morgan fingerprint density at radius 3 is 2.46 bits per heavy atom. The van der Waals surface area contributed by atoms with E-state index in [1.165, 1.54) is 6.07 Å². The number of carbonyl (C=O) groups is 1. The number of furan rings is 1. The molecule has 2 N–H and O–H groups in total. The molecular formula is C15H10F2N2O4S. The van der Waals surface area contributed by atoms with E-state index in [0.29, 0.717) is 11.0 Å². The van der Waals surface area contributed by atoms with Crippen LogP contribution in [0.4, 0.5) is 19.3 Å². The molecule has 3 aromatic rings. The van der Waals surface area contributed by atoms with E-state index in [9.17, 15) is 22.0 Å². The second-order valence-corrected chi connectivity index (χ2v) is 6.41. The molecule has 3 rings (SSSR count). The van der Waals surface area contributed by atoms with Crippen LogP contribution in [0.1, 0.15) is 0 Å². The first-order chi connectivity index (χ1) is 11.3. The number of anilines is 1. The van der Waals surface area contributed by atoms with Gasteiger partial charge in [-0.3, -0.25) is 0 Å². The molecule has 0 bridgehead atoms. The maximum atomic E-state index is 13.1. The number of rotatable bonds is 3. The first-order valence-electron chi connectivity index (χ1n) is 6.62. The number of nitrogens with one attached hydrogen (secondary N) is 2. The number of sulfonamides is 1. The molecule has 1 heterocycles. The van der Waals surface area contributed by atoms with Crippen LogP contribution in [0.3, 0.4) is 0 Å². The quantitative estimate of drug-likeness (QED) is 0.757. The smallest absolute Gasteiger partial charge is 0.333 e. The summed E-state index contributed by atoms with van der Waals surface area (Å²) in [6.45, 7) is 0. The van der Waals surface area contributed by atoms with Crippen molar-refractivity contribution in [1.82, 2.24) is 4.72 Å². The Hall–Kier alpha value is -2.94. The van der Waals surface area contributed by atoms with Crippen molar-refractivity contribution in [2.45, 2.75) is 5.09 Å². The van der Waals surface area contributed by atoms with Crippen LogP contribution in [-0.2, 0) is 10.0 Å². The zero-order chi connectivity index (χ0) is 17.3. The number of para-hydroxylation sites is 1. The summed E-state index contributed by atoms with van der Waals surface area (Å²) in [7, 11) is -4.26. The summed E-state index contributed by atoms with van der Waals surface area (Å²) >= 11 is 0. The van der Waals surface area contributed by atoms with Crippen LogP contribution in [0.15, 0.2) is 58.0 Å². The second kappa shape index (κ2) is 5.93. The SMILES string of the molecule is O=C(Nc1ccc(F)c(F)c1)NS(=O)(=O)c1cc2ccccc2o1. The van der Waals surface area contributed by atoms with Gasteiger partial charge in [-0.25, -0.2) is 18.3 Å². The summed E-state index contributed by atoms with van der Waals surface area (Å²) in [6.07, 6.45) is 0. The van der Waals surface area contributed by atoms with E-state index >= 15 is 0 Å². The van der Waals surface area contributed by atoms with E-state index in [2.05, 4.69) is 5.32 Å². The molecule has 0 fully saturated rings. The van der Waals surface area contributed by atoms with Gasteiger partial charge in [0.1, 0.15) is 5.58 Å². The molecule has 6 nitrogen and oxygen atoms in total. The van der Waals surface area contributed by atoms with Crippen LogP contribution < -0.4 is 10.0 Å². The van der Waals surface area contributed by atoms with E-state index in [-0.39, 0.29) is 5.69 Å². The van der Waals surface area contributed by atoms with Gasteiger partial charge in [0.2, 0.25) is 5.09 Å². The molecule has 0 aliphatic heterocycles. The summed E-state index contributed by atoms with van der Waals surface area (Å²) in [5, 5.41) is 2.21. The van der Waals surface area contributed by atoms with Gasteiger partial charge in [0, 0.05) is 23.2 Å². The molecule has 0 aliphatic carbocycles. The highest BCUT2D eigenvalue weighted by molar-refractivity contribution is 7.90. The van der Waals surface area contributed by atoms with E-state index in [1.807, 2.05) is 0 Å². The second-order valence-electron chi connectivity index (χ2n) is 4.79. The zero-order valence-electron chi connectivity index (χ0n) is 11.9. The third-order valence-electron chi connectivity index (χ3n) is 3.07. The molecule has 2 aromatic carbocycles. The van der Waals surface area contributed by atoms with Crippen LogP contribution in [0.5, 0.6) is 0 Å². The van der Waals surface area contributed by atoms with Gasteiger partial charge in [0.25, 0.3) is 10.0 Å². The summed E-state index contributed by atoms with van der Waals surface area (Å²) in [5.41, 5.74) is 0.241. The Bertz CT molecular complexity index is 998. The van der Waals surface area contributed by atoms with Crippen LogP contribution in [0.25, 0.3) is 11.0 Å². The lowest BCUT2D eigenvalue weighted by Crippen LogP contribution is -2.34. The minimum Gasteiger partial charge on any atom is -0.443 e. The van der Waals surface area contributed by atoms with Gasteiger partial charge >= 0.3 is 6.03 Å². The van der Waals surface area contributed by atoms with Gasteiger partial charge in [-0.1, -0.05) is 18.2 Å². The lowest BCUT2D eigenvalue weighted by molar-refractivity contribution is 0.256. The highest BCUT2D eigenvalue weighted by Crippen LogP contribution is 2.22. The van der Waals surface area contributed by atoms with Crippen molar-refractivity contribution in [2.75, 3.05) is 5.32 Å². The molecule has 0 radical (unpaired) electrons. The highest BCUT2D eigenvalue weighted by Gasteiger charge is 2.22. The maximum Gasteiger partial charge on any atom is 0.333 e. The van der Waals surface area contributed by atoms with Crippen molar-refractivity contribution in [2.24, 2.45) is 0 Å². The van der Waals surface area contributed by atoms with Crippen LogP contribution >= 0.6 is 0 Å². The van der Waals surface area contributed by atoms with Crippen LogP contribution in [-0.4, -0.2) is 14.4 Å². The Morgan fingerprint density at radius 2 is 1.75 bits per heavy atom. The molecule has 0 saturated carbocycles. The van der Waals surface area contributed by atoms with E-state index in [1.54, 1.807) is 29.0 Å². The van der Waals surface area contributed by atoms with Gasteiger partial charge in [-0.15, -0.1) is 0 Å². The monoisotopic (exact) mass is 352 g/mol. The summed E-state index contributed by atoms with van der Waals surface area (Å²) in [4.78, 5) is 11.8. The molecule has 2 amide bonds. The third-order valence-corrected chi connectivity index (χ3v) is 4.26. The van der Waals surface area contributed by atoms with Crippen molar-refractivity contribution in [3.05, 3.63) is 60.2 Å². The van der Waals surface area contributed by atoms with Crippen molar-refractivity contribution in [3.63, 3.8) is 0 Å². The summed E-state index contributed by atoms with van der Waals surface area (Å²) in [5.74, 6) is -2.26. The van der Waals surface area contributed by atoms with Gasteiger partial charge in [0.05, 0.1) is 0 Å². The number of halogens is 2. The number of amides is 2. The number of urea groups is 1. The standard InChI is InChI=1S/C15H10F2N2O4S/c16-11-6-5-10(8-12(11)17)18-15(20)19-24(21,22)14-7-9-3-1-2-4-13(9)23-14/h1-8H,(H2,18,19,20). The van der Waals surface area contributed by atoms with Crippen LogP contribution in [0, 0.1) is 11.6 Å². The maximum absolute atomic E-state index is 13.1. The van der Waals surface area contributed by atoms with E-state index < -0.39 is 32.8 Å². The summed E-state index contributed by atoms with van der Waals surface area (Å²) in [6, 6.07) is 9.36. The molecule has 24 heavy (non-hydrogen) atoms. The van der Waals surface area contributed by atoms with Crippen molar-refractivity contribution < 1.29 is 26.4 Å². The highest BCUT2D eigenvalue weighted by atomic mass is 32.2. The predicted molar refractivity (Wildman–Crippen MR) is 81.9 cm³/mol. The fraction of sp³-hybridized carbons (Fsp3) is 0. The van der Waals surface area contributed by atoms with Crippen LogP contribution in [0.2, 0.25) is 0 Å². The molecular weight excluding hydrogens is 342 g/mol. The number of fused-ring (bicyclic) bond motifs is 1. The van der Waals surface area contributed by atoms with E-state index in [4.69, 9.17) is 4.42 Å². The normalized spacial score (nSPS) is 11.4. The van der Waals surface area contributed by atoms with Gasteiger partial charge in [0.15, 0.2) is 11.6 Å². The lowest BCUT2D eigenvalue weighted by atomic mass is 10.3. The minimum atomic E-state index is -4.26. The molecule has 124 valence electrons. The van der Waals surface area contributed by atoms with Gasteiger partial charge in [-0.05, 0) is 18.2 Å². The third kappa shape index (κ3) is 3.20. The Balaban J connectivity index is 1.78. The lowest BCUT2D eigenvalue weighted by Gasteiger charge is -2.07. The Morgan fingerprint density at radius 1 is 1.00 bits per heavy atom. The fourth-order valence-electron chi connectivity index (χ4n) is 1.99. The number of hydrogen-bond acceptors (Lipinski definition) is 4. The number of benzene rings is 2. The molecule has 0 spiro atoms. The molecule has 0 saturated heterocycles. The molecule has 1 aromatic heterocycles. The van der Waals surface area contributed by atoms with E-state index in [0.717, 1.165) is 18.2 Å². The Kier molecular flexibility index (Phi) is 3.94. The van der Waals surface area contributed by atoms with Gasteiger partial charge in [-0.2, -0.15) is 8.42 Å². The van der Waals surface area contributed by atoms with Crippen molar-refractivity contribution >= 4 is 32.7 Å². The number of carbonyl (C=O) groups excluding carboxylic acids is 1. The van der Waals surface area contributed by atoms with Crippen molar-refractivity contribution in [1.29, 1.82) is 0 Å². The average molecular weight is 352 g/mol. The minimum absolute atomic E-state index is 0.105. The summed E-state index contributed by atoms with van der Waals surface area (Å²) < 4.78 is 57.0. The fourth-order valence-corrected chi connectivity index (χ4v) is 2.87. The van der Waals surface area contributed by atoms with Gasteiger partial charge < -0.3 is 9.73 Å². The topological polar surface area (TPSA) is 88.4 Å². The predicted octanol–water partition coefficient (Wildman–Crippen LogP) is 3.22. The molecule has 0 aliphatic rings. The molecule has 0 atom stereocenters. The largest absolute Gasteiger partial charge is 0.443 e. The zero-order valence-corrected chi connectivity index (χ0v) is 12.7. The Labute approximate surface area is 135 Å². The molecule has 9 heteroatoms.